The lowest BCUT2D eigenvalue weighted by Gasteiger charge is -2.37. The highest BCUT2D eigenvalue weighted by atomic mass is 32.2. The average Bonchev–Trinajstić information content (AvgIpc) is 2.84. The second-order valence-electron chi connectivity index (χ2n) is 5.48. The van der Waals surface area contributed by atoms with Crippen LogP contribution in [0.2, 0.25) is 0 Å². The molecular formula is C14H20N2OS2. The summed E-state index contributed by atoms with van der Waals surface area (Å²) in [6.07, 6.45) is 1.13. The summed E-state index contributed by atoms with van der Waals surface area (Å²) in [7, 11) is 0. The van der Waals surface area contributed by atoms with E-state index < -0.39 is 0 Å². The fourth-order valence-corrected chi connectivity index (χ4v) is 5.03. The number of carbonyl (C=O) groups is 1. The minimum Gasteiger partial charge on any atom is -0.332 e. The number of hydrogen-bond donors (Lipinski definition) is 1. The standard InChI is InChI=1S/C14H20N2OS2/c1-9-7-16(10(2)6-15-9)14(17)13-5-11-8-18-4-3-12(11)19-13/h5,9-10,15H,3-4,6-8H2,1-2H3. The molecule has 0 bridgehead atoms. The average molecular weight is 296 g/mol. The second kappa shape index (κ2) is 5.46. The van der Waals surface area contributed by atoms with Gasteiger partial charge >= 0.3 is 0 Å². The van der Waals surface area contributed by atoms with Gasteiger partial charge in [0.05, 0.1) is 4.88 Å². The number of carbonyl (C=O) groups excluding carboxylic acids is 1. The van der Waals surface area contributed by atoms with E-state index in [0.717, 1.165) is 30.1 Å². The van der Waals surface area contributed by atoms with Crippen LogP contribution in [0.1, 0.15) is 34.0 Å². The maximum Gasteiger partial charge on any atom is 0.264 e. The van der Waals surface area contributed by atoms with Crippen molar-refractivity contribution in [2.75, 3.05) is 18.8 Å². The van der Waals surface area contributed by atoms with Crippen LogP contribution in [0, 0.1) is 0 Å². The molecule has 0 radical (unpaired) electrons. The van der Waals surface area contributed by atoms with Gasteiger partial charge in [0.1, 0.15) is 0 Å². The van der Waals surface area contributed by atoms with Crippen molar-refractivity contribution in [1.29, 1.82) is 0 Å². The van der Waals surface area contributed by atoms with Crippen LogP contribution in [0.15, 0.2) is 6.07 Å². The Bertz CT molecular complexity index is 462. The first-order valence-electron chi connectivity index (χ1n) is 6.89. The zero-order chi connectivity index (χ0) is 13.4. The predicted octanol–water partition coefficient (Wildman–Crippen LogP) is 2.36. The van der Waals surface area contributed by atoms with E-state index in [1.165, 1.54) is 16.2 Å². The van der Waals surface area contributed by atoms with E-state index in [4.69, 9.17) is 0 Å². The van der Waals surface area contributed by atoms with Gasteiger partial charge in [-0.05, 0) is 37.7 Å². The molecule has 5 heteroatoms. The first-order chi connectivity index (χ1) is 9.15. The smallest absolute Gasteiger partial charge is 0.264 e. The number of aryl methyl sites for hydroxylation is 1. The molecule has 1 amide bonds. The maximum absolute atomic E-state index is 12.7. The summed E-state index contributed by atoms with van der Waals surface area (Å²) >= 11 is 3.69. The normalized spacial score (nSPS) is 27.2. The molecule has 0 aromatic carbocycles. The molecule has 2 atom stereocenters. The highest BCUT2D eigenvalue weighted by molar-refractivity contribution is 7.98. The molecule has 1 aromatic rings. The lowest BCUT2D eigenvalue weighted by Crippen LogP contribution is -2.56. The van der Waals surface area contributed by atoms with Crippen molar-refractivity contribution >= 4 is 29.0 Å². The number of thiophene rings is 1. The third kappa shape index (κ3) is 2.69. The fourth-order valence-electron chi connectivity index (χ4n) is 2.70. The van der Waals surface area contributed by atoms with Gasteiger partial charge in [-0.3, -0.25) is 4.79 Å². The lowest BCUT2D eigenvalue weighted by molar-refractivity contribution is 0.0621. The number of amides is 1. The lowest BCUT2D eigenvalue weighted by atomic mass is 10.1. The van der Waals surface area contributed by atoms with Crippen molar-refractivity contribution in [3.63, 3.8) is 0 Å². The molecule has 0 saturated carbocycles. The van der Waals surface area contributed by atoms with E-state index in [-0.39, 0.29) is 11.9 Å². The molecule has 3 heterocycles. The summed E-state index contributed by atoms with van der Waals surface area (Å²) in [5, 5.41) is 3.42. The maximum atomic E-state index is 12.7. The van der Waals surface area contributed by atoms with Gasteiger partial charge < -0.3 is 10.2 Å². The van der Waals surface area contributed by atoms with Crippen LogP contribution >= 0.6 is 23.1 Å². The Balaban J connectivity index is 1.81. The molecule has 1 fully saturated rings. The molecule has 3 nitrogen and oxygen atoms in total. The molecule has 0 aliphatic carbocycles. The van der Waals surface area contributed by atoms with E-state index in [2.05, 4.69) is 25.2 Å². The van der Waals surface area contributed by atoms with Crippen LogP contribution in [0.5, 0.6) is 0 Å². The van der Waals surface area contributed by atoms with Crippen LogP contribution < -0.4 is 5.32 Å². The molecule has 1 saturated heterocycles. The van der Waals surface area contributed by atoms with Crippen LogP contribution in [-0.4, -0.2) is 41.7 Å². The van der Waals surface area contributed by atoms with E-state index in [0.29, 0.717) is 6.04 Å². The van der Waals surface area contributed by atoms with Crippen molar-refractivity contribution in [2.24, 2.45) is 0 Å². The van der Waals surface area contributed by atoms with Gasteiger partial charge in [-0.15, -0.1) is 11.3 Å². The van der Waals surface area contributed by atoms with E-state index >= 15 is 0 Å². The molecule has 1 aromatic heterocycles. The number of nitrogens with zero attached hydrogens (tertiary/aromatic N) is 1. The Hall–Kier alpha value is -0.520. The van der Waals surface area contributed by atoms with Crippen LogP contribution in [0.3, 0.4) is 0 Å². The van der Waals surface area contributed by atoms with Crippen molar-refractivity contribution in [3.05, 3.63) is 21.4 Å². The number of piperazine rings is 1. The van der Waals surface area contributed by atoms with E-state index in [1.54, 1.807) is 11.3 Å². The summed E-state index contributed by atoms with van der Waals surface area (Å²) in [6.45, 7) is 5.98. The Morgan fingerprint density at radius 3 is 3.11 bits per heavy atom. The highest BCUT2D eigenvalue weighted by Crippen LogP contribution is 2.32. The number of nitrogens with one attached hydrogen (secondary N) is 1. The van der Waals surface area contributed by atoms with E-state index in [1.807, 2.05) is 16.7 Å². The number of fused-ring (bicyclic) bond motifs is 1. The van der Waals surface area contributed by atoms with Crippen molar-refractivity contribution < 1.29 is 4.79 Å². The molecule has 0 spiro atoms. The van der Waals surface area contributed by atoms with Gasteiger partial charge in [-0.2, -0.15) is 11.8 Å². The van der Waals surface area contributed by atoms with Crippen molar-refractivity contribution in [3.8, 4) is 0 Å². The largest absolute Gasteiger partial charge is 0.332 e. The molecule has 2 aliphatic heterocycles. The molecule has 2 unspecified atom stereocenters. The van der Waals surface area contributed by atoms with Gasteiger partial charge in [0.25, 0.3) is 5.91 Å². The van der Waals surface area contributed by atoms with Gasteiger partial charge in [0.15, 0.2) is 0 Å². The number of rotatable bonds is 1. The zero-order valence-corrected chi connectivity index (χ0v) is 13.1. The van der Waals surface area contributed by atoms with Gasteiger partial charge in [0, 0.05) is 35.8 Å². The van der Waals surface area contributed by atoms with Crippen LogP contribution in [-0.2, 0) is 12.2 Å². The Morgan fingerprint density at radius 1 is 1.47 bits per heavy atom. The Morgan fingerprint density at radius 2 is 2.32 bits per heavy atom. The van der Waals surface area contributed by atoms with Crippen LogP contribution in [0.4, 0.5) is 0 Å². The van der Waals surface area contributed by atoms with Crippen molar-refractivity contribution in [2.45, 2.75) is 38.1 Å². The molecule has 2 aliphatic rings. The topological polar surface area (TPSA) is 32.3 Å². The first kappa shape index (κ1) is 13.5. The minimum absolute atomic E-state index is 0.227. The third-order valence-corrected chi connectivity index (χ3v) is 6.10. The summed E-state index contributed by atoms with van der Waals surface area (Å²) in [5.74, 6) is 2.50. The number of hydrogen-bond acceptors (Lipinski definition) is 4. The Kier molecular flexibility index (Phi) is 3.87. The van der Waals surface area contributed by atoms with Gasteiger partial charge in [0.2, 0.25) is 0 Å². The summed E-state index contributed by atoms with van der Waals surface area (Å²) in [5.41, 5.74) is 1.39. The molecule has 1 N–H and O–H groups in total. The summed E-state index contributed by atoms with van der Waals surface area (Å²) in [6, 6.07) is 2.82. The monoisotopic (exact) mass is 296 g/mol. The molecule has 3 rings (SSSR count). The van der Waals surface area contributed by atoms with Gasteiger partial charge in [-0.25, -0.2) is 0 Å². The third-order valence-electron chi connectivity index (χ3n) is 3.86. The highest BCUT2D eigenvalue weighted by Gasteiger charge is 2.29. The molecule has 19 heavy (non-hydrogen) atoms. The predicted molar refractivity (Wildman–Crippen MR) is 82.1 cm³/mol. The zero-order valence-electron chi connectivity index (χ0n) is 11.4. The minimum atomic E-state index is 0.227. The van der Waals surface area contributed by atoms with Gasteiger partial charge in [-0.1, -0.05) is 0 Å². The summed E-state index contributed by atoms with van der Waals surface area (Å²) in [4.78, 5) is 17.1. The molecule has 104 valence electrons. The van der Waals surface area contributed by atoms with Crippen LogP contribution in [0.25, 0.3) is 0 Å². The number of thioether (sulfide) groups is 1. The Labute approximate surface area is 122 Å². The second-order valence-corrected chi connectivity index (χ2v) is 7.72. The fraction of sp³-hybridized carbons (Fsp3) is 0.643. The summed E-state index contributed by atoms with van der Waals surface area (Å²) < 4.78 is 0. The quantitative estimate of drug-likeness (QED) is 0.863. The first-order valence-corrected chi connectivity index (χ1v) is 8.86. The van der Waals surface area contributed by atoms with Crippen molar-refractivity contribution in [1.82, 2.24) is 10.2 Å². The SMILES string of the molecule is CC1CN(C(=O)c2cc3c(s2)CCSC3)C(C)CN1. The molecular weight excluding hydrogens is 276 g/mol. The van der Waals surface area contributed by atoms with E-state index in [9.17, 15) is 4.79 Å².